The third kappa shape index (κ3) is 6.83. The van der Waals surface area contributed by atoms with E-state index in [1.807, 2.05) is 0 Å². The predicted molar refractivity (Wildman–Crippen MR) is 127 cm³/mol. The van der Waals surface area contributed by atoms with Crippen molar-refractivity contribution in [3.8, 4) is 0 Å². The van der Waals surface area contributed by atoms with Crippen molar-refractivity contribution in [2.75, 3.05) is 0 Å². The minimum atomic E-state index is 0.428. The highest BCUT2D eigenvalue weighted by molar-refractivity contribution is 5.81. The first kappa shape index (κ1) is 22.8. The molecule has 0 heterocycles. The van der Waals surface area contributed by atoms with Crippen LogP contribution in [0.15, 0.2) is 0 Å². The fourth-order valence-corrected chi connectivity index (χ4v) is 7.77. The van der Waals surface area contributed by atoms with Gasteiger partial charge in [0.1, 0.15) is 5.78 Å². The van der Waals surface area contributed by atoms with Gasteiger partial charge < -0.3 is 0 Å². The molecule has 4 fully saturated rings. The van der Waals surface area contributed by atoms with Gasteiger partial charge in [-0.25, -0.2) is 0 Å². The van der Waals surface area contributed by atoms with E-state index in [1.165, 1.54) is 116 Å². The van der Waals surface area contributed by atoms with Gasteiger partial charge in [-0.15, -0.1) is 0 Å². The van der Waals surface area contributed by atoms with Gasteiger partial charge in [0.05, 0.1) is 0 Å². The predicted octanol–water partition coefficient (Wildman–Crippen LogP) is 8.75. The molecule has 0 aromatic carbocycles. The number of ketones is 1. The summed E-state index contributed by atoms with van der Waals surface area (Å²) in [6.45, 7) is 2.45. The first-order valence-electron chi connectivity index (χ1n) is 14.2. The van der Waals surface area contributed by atoms with Crippen LogP contribution >= 0.6 is 0 Å². The summed E-state index contributed by atoms with van der Waals surface area (Å²) in [5.41, 5.74) is 0. The van der Waals surface area contributed by atoms with E-state index in [2.05, 4.69) is 6.92 Å². The van der Waals surface area contributed by atoms with Crippen LogP contribution in [-0.2, 0) is 4.79 Å². The molecule has 0 spiro atoms. The highest BCUT2D eigenvalue weighted by Crippen LogP contribution is 2.42. The maximum absolute atomic E-state index is 12.8. The molecule has 4 rings (SSSR count). The largest absolute Gasteiger partial charge is 0.299 e. The minimum absolute atomic E-state index is 0.428. The molecule has 0 amide bonds. The average molecular weight is 415 g/mol. The monoisotopic (exact) mass is 414 g/mol. The molecule has 0 aliphatic heterocycles. The Balaban J connectivity index is 1.09. The van der Waals surface area contributed by atoms with Crippen molar-refractivity contribution in [1.29, 1.82) is 0 Å². The molecule has 1 heteroatoms. The van der Waals surface area contributed by atoms with Gasteiger partial charge in [-0.3, -0.25) is 4.79 Å². The molecule has 1 nitrogen and oxygen atoms in total. The van der Waals surface area contributed by atoms with Crippen molar-refractivity contribution in [2.45, 2.75) is 135 Å². The summed E-state index contributed by atoms with van der Waals surface area (Å²) in [6, 6.07) is 0. The minimum Gasteiger partial charge on any atom is -0.299 e. The Hall–Kier alpha value is -0.330. The summed E-state index contributed by atoms with van der Waals surface area (Å²) in [5.74, 6) is 6.84. The molecule has 4 aliphatic rings. The van der Waals surface area contributed by atoms with Crippen LogP contribution in [-0.4, -0.2) is 5.78 Å². The van der Waals surface area contributed by atoms with Gasteiger partial charge in [0.15, 0.2) is 0 Å². The van der Waals surface area contributed by atoms with Gasteiger partial charge in [-0.05, 0) is 74.0 Å². The number of Topliss-reactive ketones (excluding diaryl/α,β-unsaturated/α-hetero) is 1. The molecule has 0 aromatic heterocycles. The zero-order chi connectivity index (χ0) is 20.8. The lowest BCUT2D eigenvalue weighted by atomic mass is 9.70. The van der Waals surface area contributed by atoms with Gasteiger partial charge >= 0.3 is 0 Å². The first-order valence-corrected chi connectivity index (χ1v) is 14.2. The van der Waals surface area contributed by atoms with Crippen LogP contribution in [0.3, 0.4) is 0 Å². The van der Waals surface area contributed by atoms with E-state index < -0.39 is 0 Å². The molecular formula is C29H50O. The second kappa shape index (κ2) is 11.5. The molecule has 30 heavy (non-hydrogen) atoms. The SMILES string of the molecule is CC1CCC(CC2CCC(CC3CCC(C(=O)CC4CCCCC4)CC3)CC2)CC1. The van der Waals surface area contributed by atoms with Crippen molar-refractivity contribution >= 4 is 5.78 Å². The highest BCUT2D eigenvalue weighted by atomic mass is 16.1. The Labute approximate surface area is 187 Å². The summed E-state index contributed by atoms with van der Waals surface area (Å²) >= 11 is 0. The van der Waals surface area contributed by atoms with Gasteiger partial charge in [-0.2, -0.15) is 0 Å². The van der Waals surface area contributed by atoms with Crippen molar-refractivity contribution in [2.24, 2.45) is 41.4 Å². The maximum atomic E-state index is 12.8. The molecule has 0 radical (unpaired) electrons. The number of rotatable bonds is 7. The van der Waals surface area contributed by atoms with Crippen molar-refractivity contribution < 1.29 is 4.79 Å². The van der Waals surface area contributed by atoms with E-state index in [9.17, 15) is 4.79 Å². The summed E-state index contributed by atoms with van der Waals surface area (Å²) in [6.07, 6.45) is 27.9. The topological polar surface area (TPSA) is 17.1 Å². The van der Waals surface area contributed by atoms with E-state index in [0.29, 0.717) is 11.7 Å². The Morgan fingerprint density at radius 1 is 0.533 bits per heavy atom. The van der Waals surface area contributed by atoms with Crippen molar-refractivity contribution in [3.05, 3.63) is 0 Å². The molecular weight excluding hydrogens is 364 g/mol. The Morgan fingerprint density at radius 3 is 1.47 bits per heavy atom. The van der Waals surface area contributed by atoms with E-state index in [0.717, 1.165) is 41.9 Å². The molecule has 0 aromatic rings. The zero-order valence-corrected chi connectivity index (χ0v) is 20.1. The smallest absolute Gasteiger partial charge is 0.136 e. The van der Waals surface area contributed by atoms with Gasteiger partial charge in [0.25, 0.3) is 0 Å². The second-order valence-corrected chi connectivity index (χ2v) is 12.4. The molecule has 172 valence electrons. The van der Waals surface area contributed by atoms with Crippen LogP contribution < -0.4 is 0 Å². The lowest BCUT2D eigenvalue weighted by molar-refractivity contribution is -0.125. The fraction of sp³-hybridized carbons (Fsp3) is 0.966. The number of carbonyl (C=O) groups excluding carboxylic acids is 1. The standard InChI is InChI=1S/C29H50O/c1-22-7-9-24(10-8-22)19-25-11-13-26(14-12-25)20-27-15-17-28(18-16-27)29(30)21-23-5-3-2-4-6-23/h22-28H,2-21H2,1H3. The van der Waals surface area contributed by atoms with Crippen LogP contribution in [0.2, 0.25) is 0 Å². The molecule has 0 saturated heterocycles. The summed E-state index contributed by atoms with van der Waals surface area (Å²) in [7, 11) is 0. The Bertz CT molecular complexity index is 494. The van der Waals surface area contributed by atoms with Gasteiger partial charge in [-0.1, -0.05) is 90.4 Å². The summed E-state index contributed by atoms with van der Waals surface area (Å²) in [4.78, 5) is 12.8. The fourth-order valence-electron chi connectivity index (χ4n) is 7.77. The van der Waals surface area contributed by atoms with Crippen LogP contribution in [0.1, 0.15) is 135 Å². The zero-order valence-electron chi connectivity index (χ0n) is 20.1. The van der Waals surface area contributed by atoms with E-state index in [-0.39, 0.29) is 0 Å². The lowest BCUT2D eigenvalue weighted by Gasteiger charge is -2.36. The third-order valence-electron chi connectivity index (χ3n) is 9.95. The molecule has 0 atom stereocenters. The van der Waals surface area contributed by atoms with Gasteiger partial charge in [0.2, 0.25) is 0 Å². The molecule has 0 bridgehead atoms. The van der Waals surface area contributed by atoms with Gasteiger partial charge in [0, 0.05) is 12.3 Å². The second-order valence-electron chi connectivity index (χ2n) is 12.4. The van der Waals surface area contributed by atoms with E-state index in [1.54, 1.807) is 6.42 Å². The molecule has 0 N–H and O–H groups in total. The number of hydrogen-bond acceptors (Lipinski definition) is 1. The van der Waals surface area contributed by atoms with Crippen LogP contribution in [0.25, 0.3) is 0 Å². The summed E-state index contributed by atoms with van der Waals surface area (Å²) < 4.78 is 0. The number of hydrogen-bond donors (Lipinski definition) is 0. The molecule has 0 unspecified atom stereocenters. The summed E-state index contributed by atoms with van der Waals surface area (Å²) in [5, 5.41) is 0. The Kier molecular flexibility index (Phi) is 8.77. The quantitative estimate of drug-likeness (QED) is 0.407. The van der Waals surface area contributed by atoms with E-state index in [4.69, 9.17) is 0 Å². The normalized spacial score (nSPS) is 39.0. The third-order valence-corrected chi connectivity index (χ3v) is 9.95. The lowest BCUT2D eigenvalue weighted by Crippen LogP contribution is -2.26. The Morgan fingerprint density at radius 2 is 0.967 bits per heavy atom. The average Bonchev–Trinajstić information content (AvgIpc) is 2.78. The van der Waals surface area contributed by atoms with Crippen LogP contribution in [0, 0.1) is 41.4 Å². The van der Waals surface area contributed by atoms with Crippen molar-refractivity contribution in [1.82, 2.24) is 0 Å². The van der Waals surface area contributed by atoms with Crippen molar-refractivity contribution in [3.63, 3.8) is 0 Å². The molecule has 4 saturated carbocycles. The van der Waals surface area contributed by atoms with Crippen LogP contribution in [0.5, 0.6) is 0 Å². The maximum Gasteiger partial charge on any atom is 0.136 e. The molecule has 4 aliphatic carbocycles. The van der Waals surface area contributed by atoms with Crippen LogP contribution in [0.4, 0.5) is 0 Å². The van der Waals surface area contributed by atoms with E-state index >= 15 is 0 Å². The number of carbonyl (C=O) groups is 1. The highest BCUT2D eigenvalue weighted by Gasteiger charge is 2.31. The first-order chi connectivity index (χ1) is 14.7.